The van der Waals surface area contributed by atoms with Crippen molar-refractivity contribution in [3.63, 3.8) is 0 Å². The fraction of sp³-hybridized carbons (Fsp3) is 0.300. The van der Waals surface area contributed by atoms with Crippen LogP contribution in [0.25, 0.3) is 11.0 Å². The van der Waals surface area contributed by atoms with Crippen LogP contribution < -0.4 is 10.2 Å². The van der Waals surface area contributed by atoms with Gasteiger partial charge in [0.15, 0.2) is 0 Å². The Bertz CT molecular complexity index is 902. The van der Waals surface area contributed by atoms with E-state index < -0.39 is 0 Å². The van der Waals surface area contributed by atoms with Gasteiger partial charge in [-0.2, -0.15) is 5.10 Å². The molecule has 7 nitrogen and oxygen atoms in total. The maximum atomic E-state index is 12.0. The third-order valence-electron chi connectivity index (χ3n) is 4.01. The Morgan fingerprint density at radius 3 is 2.81 bits per heavy atom. The highest BCUT2D eigenvalue weighted by Crippen LogP contribution is 2.12. The number of amides is 1. The van der Waals surface area contributed by atoms with Crippen LogP contribution in [0.1, 0.15) is 31.7 Å². The van der Waals surface area contributed by atoms with Crippen molar-refractivity contribution in [1.29, 1.82) is 0 Å². The smallest absolute Gasteiger partial charge is 0.261 e. The van der Waals surface area contributed by atoms with Gasteiger partial charge in [0, 0.05) is 0 Å². The molecule has 7 heteroatoms. The molecule has 0 aliphatic rings. The molecule has 0 aliphatic heterocycles. The molecule has 0 spiro atoms. The van der Waals surface area contributed by atoms with Gasteiger partial charge in [-0.25, -0.2) is 10.1 Å². The van der Waals surface area contributed by atoms with Gasteiger partial charge >= 0.3 is 0 Å². The highest BCUT2D eigenvalue weighted by Gasteiger charge is 2.07. The zero-order valence-corrected chi connectivity index (χ0v) is 15.3. The summed E-state index contributed by atoms with van der Waals surface area (Å²) in [4.78, 5) is 12.0. The largest absolute Gasteiger partial charge is 0.494 e. The third kappa shape index (κ3) is 5.37. The number of hydrazone groups is 1. The topological polar surface area (TPSA) is 81.4 Å². The standard InChI is InChI=1S/C20H23N5O2/c1-2-3-6-13-27-17-11-9-16(10-12-17)14-21-23-20(26)15-25-19-8-5-4-7-18(19)22-24-25/h4-5,7-12,14H,2-3,6,13,15H2,1H3,(H,23,26)/b21-14-. The summed E-state index contributed by atoms with van der Waals surface area (Å²) in [5, 5.41) is 12.0. The fourth-order valence-corrected chi connectivity index (χ4v) is 2.58. The average molecular weight is 365 g/mol. The first-order chi connectivity index (χ1) is 13.3. The van der Waals surface area contributed by atoms with E-state index >= 15 is 0 Å². The molecule has 1 heterocycles. The number of nitrogens with zero attached hydrogens (tertiary/aromatic N) is 4. The molecule has 0 unspecified atom stereocenters. The lowest BCUT2D eigenvalue weighted by Gasteiger charge is -2.05. The average Bonchev–Trinajstić information content (AvgIpc) is 3.09. The lowest BCUT2D eigenvalue weighted by Crippen LogP contribution is -2.23. The minimum atomic E-state index is -0.266. The van der Waals surface area contributed by atoms with Crippen LogP contribution in [0, 0.1) is 0 Å². The molecule has 1 amide bonds. The molecule has 140 valence electrons. The highest BCUT2D eigenvalue weighted by atomic mass is 16.5. The SMILES string of the molecule is CCCCCOc1ccc(/C=N\NC(=O)Cn2nnc3ccccc32)cc1. The second-order valence-corrected chi connectivity index (χ2v) is 6.15. The number of unbranched alkanes of at least 4 members (excludes halogenated alkanes) is 2. The van der Waals surface area contributed by atoms with Gasteiger partial charge in [0.25, 0.3) is 5.91 Å². The molecule has 0 atom stereocenters. The van der Waals surface area contributed by atoms with E-state index in [9.17, 15) is 4.79 Å². The van der Waals surface area contributed by atoms with Gasteiger partial charge in [-0.05, 0) is 48.4 Å². The van der Waals surface area contributed by atoms with Crippen molar-refractivity contribution in [1.82, 2.24) is 20.4 Å². The molecular formula is C20H23N5O2. The molecule has 1 N–H and O–H groups in total. The molecule has 27 heavy (non-hydrogen) atoms. The minimum absolute atomic E-state index is 0.0579. The molecule has 0 radical (unpaired) electrons. The van der Waals surface area contributed by atoms with E-state index in [2.05, 4.69) is 27.8 Å². The number of fused-ring (bicyclic) bond motifs is 1. The molecule has 3 rings (SSSR count). The number of nitrogens with one attached hydrogen (secondary N) is 1. The first kappa shape index (κ1) is 18.6. The van der Waals surface area contributed by atoms with E-state index in [-0.39, 0.29) is 12.5 Å². The number of aromatic nitrogens is 3. The van der Waals surface area contributed by atoms with E-state index in [1.807, 2.05) is 48.5 Å². The van der Waals surface area contributed by atoms with Gasteiger partial charge in [0.2, 0.25) is 0 Å². The van der Waals surface area contributed by atoms with Crippen molar-refractivity contribution < 1.29 is 9.53 Å². The van der Waals surface area contributed by atoms with Crippen LogP contribution in [0.5, 0.6) is 5.75 Å². The predicted molar refractivity (Wildman–Crippen MR) is 105 cm³/mol. The number of para-hydroxylation sites is 1. The summed E-state index contributed by atoms with van der Waals surface area (Å²) in [6.07, 6.45) is 5.01. The molecule has 3 aromatic rings. The molecule has 0 saturated carbocycles. The first-order valence-electron chi connectivity index (χ1n) is 9.09. The van der Waals surface area contributed by atoms with Gasteiger partial charge in [-0.1, -0.05) is 37.1 Å². The monoisotopic (exact) mass is 365 g/mol. The second-order valence-electron chi connectivity index (χ2n) is 6.15. The summed E-state index contributed by atoms with van der Waals surface area (Å²) >= 11 is 0. The number of hydrogen-bond acceptors (Lipinski definition) is 5. The third-order valence-corrected chi connectivity index (χ3v) is 4.01. The molecule has 0 saturated heterocycles. The Morgan fingerprint density at radius 2 is 2.00 bits per heavy atom. The lowest BCUT2D eigenvalue weighted by atomic mass is 10.2. The number of benzene rings is 2. The number of hydrogen-bond donors (Lipinski definition) is 1. The molecular weight excluding hydrogens is 342 g/mol. The van der Waals surface area contributed by atoms with E-state index in [1.54, 1.807) is 10.9 Å². The van der Waals surface area contributed by atoms with Crippen LogP contribution in [0.15, 0.2) is 53.6 Å². The quantitative estimate of drug-likeness (QED) is 0.359. The van der Waals surface area contributed by atoms with Crippen LogP contribution in [0.3, 0.4) is 0 Å². The van der Waals surface area contributed by atoms with Crippen LogP contribution in [0.2, 0.25) is 0 Å². The van der Waals surface area contributed by atoms with Crippen molar-refractivity contribution in [3.05, 3.63) is 54.1 Å². The van der Waals surface area contributed by atoms with Gasteiger partial charge in [-0.3, -0.25) is 4.79 Å². The predicted octanol–water partition coefficient (Wildman–Crippen LogP) is 3.15. The van der Waals surface area contributed by atoms with E-state index in [0.717, 1.165) is 35.4 Å². The Labute approximate surface area is 158 Å². The van der Waals surface area contributed by atoms with E-state index in [0.29, 0.717) is 0 Å². The number of rotatable bonds is 9. The minimum Gasteiger partial charge on any atom is -0.494 e. The number of carbonyl (C=O) groups is 1. The van der Waals surface area contributed by atoms with Crippen LogP contribution in [0.4, 0.5) is 0 Å². The highest BCUT2D eigenvalue weighted by molar-refractivity contribution is 5.83. The molecule has 0 aliphatic carbocycles. The maximum Gasteiger partial charge on any atom is 0.261 e. The van der Waals surface area contributed by atoms with Crippen molar-refractivity contribution in [2.45, 2.75) is 32.7 Å². The summed E-state index contributed by atoms with van der Waals surface area (Å²) in [5.41, 5.74) is 4.95. The zero-order valence-electron chi connectivity index (χ0n) is 15.3. The van der Waals surface area contributed by atoms with Crippen LogP contribution >= 0.6 is 0 Å². The van der Waals surface area contributed by atoms with Crippen molar-refractivity contribution >= 4 is 23.2 Å². The Kier molecular flexibility index (Phi) is 6.51. The van der Waals surface area contributed by atoms with Gasteiger partial charge in [0.05, 0.1) is 18.3 Å². The summed E-state index contributed by atoms with van der Waals surface area (Å²) in [5.74, 6) is 0.572. The Morgan fingerprint density at radius 1 is 1.19 bits per heavy atom. The van der Waals surface area contributed by atoms with Gasteiger partial charge in [0.1, 0.15) is 17.8 Å². The molecule has 0 fully saturated rings. The number of carbonyl (C=O) groups excluding carboxylic acids is 1. The summed E-state index contributed by atoms with van der Waals surface area (Å²) < 4.78 is 7.22. The van der Waals surface area contributed by atoms with Crippen LogP contribution in [-0.2, 0) is 11.3 Å². The normalized spacial score (nSPS) is 11.1. The Hall–Kier alpha value is -3.22. The van der Waals surface area contributed by atoms with Crippen LogP contribution in [-0.4, -0.2) is 33.7 Å². The summed E-state index contributed by atoms with van der Waals surface area (Å²) in [7, 11) is 0. The lowest BCUT2D eigenvalue weighted by molar-refractivity contribution is -0.121. The van der Waals surface area contributed by atoms with Crippen molar-refractivity contribution in [2.24, 2.45) is 5.10 Å². The molecule has 0 bridgehead atoms. The zero-order chi connectivity index (χ0) is 18.9. The molecule has 1 aromatic heterocycles. The van der Waals surface area contributed by atoms with E-state index in [4.69, 9.17) is 4.74 Å². The maximum absolute atomic E-state index is 12.0. The van der Waals surface area contributed by atoms with Crippen molar-refractivity contribution in [2.75, 3.05) is 6.61 Å². The summed E-state index contributed by atoms with van der Waals surface area (Å²) in [6.45, 7) is 2.96. The van der Waals surface area contributed by atoms with Crippen molar-refractivity contribution in [3.8, 4) is 5.75 Å². The Balaban J connectivity index is 1.47. The van der Waals surface area contributed by atoms with Gasteiger partial charge in [-0.15, -0.1) is 5.10 Å². The second kappa shape index (κ2) is 9.47. The van der Waals surface area contributed by atoms with Gasteiger partial charge < -0.3 is 4.74 Å². The molecule has 2 aromatic carbocycles. The number of ether oxygens (including phenoxy) is 1. The first-order valence-corrected chi connectivity index (χ1v) is 9.09. The fourth-order valence-electron chi connectivity index (χ4n) is 2.58. The van der Waals surface area contributed by atoms with E-state index in [1.165, 1.54) is 12.8 Å². The summed E-state index contributed by atoms with van der Waals surface area (Å²) in [6, 6.07) is 15.1.